The van der Waals surface area contributed by atoms with Crippen LogP contribution in [0.4, 0.5) is 4.79 Å². The zero-order valence-electron chi connectivity index (χ0n) is 28.2. The van der Waals surface area contributed by atoms with Crippen molar-refractivity contribution in [1.82, 2.24) is 31.0 Å². The van der Waals surface area contributed by atoms with Gasteiger partial charge in [0.05, 0.1) is 23.5 Å². The van der Waals surface area contributed by atoms with E-state index in [4.69, 9.17) is 4.74 Å². The quantitative estimate of drug-likeness (QED) is 0.154. The van der Waals surface area contributed by atoms with Crippen LogP contribution in [0.3, 0.4) is 0 Å². The molecule has 0 fully saturated rings. The predicted molar refractivity (Wildman–Crippen MR) is 174 cm³/mol. The second-order valence-electron chi connectivity index (χ2n) is 12.8. The number of hydrogen-bond donors (Lipinski definition) is 5. The van der Waals surface area contributed by atoms with E-state index in [1.54, 1.807) is 30.4 Å². The third kappa shape index (κ3) is 14.3. The SMILES string of the molecule is CSCC[C@H](NC(=O)OCc1cc(C)nn1C)C(=O)N[C@@H](CC(C)C)[C@@H](O)C[C@@H](C)C(=O)N[C@H](C(=O)NCC(C)C)C(C)C. The standard InChI is InChI=1S/C31H56N6O6S/c1-18(2)13-25(26(38)14-21(7)28(39)35-27(20(5)6)30(41)32-16-19(3)4)33-29(40)24(11-12-44-10)34-31(42)43-17-23-15-22(8)36-37(23)9/h15,18-21,24-27,38H,11-14,16-17H2,1-10H3,(H,32,41)(H,33,40)(H,34,42)(H,35,39)/t21-,24+,25+,26+,27+/m1/s1. The van der Waals surface area contributed by atoms with Crippen LogP contribution in [-0.2, 0) is 32.8 Å². The molecule has 0 aliphatic rings. The van der Waals surface area contributed by atoms with Crippen LogP contribution >= 0.6 is 11.8 Å². The first-order valence-corrected chi connectivity index (χ1v) is 16.9. The molecule has 0 aliphatic carbocycles. The Kier molecular flexibility index (Phi) is 17.4. The van der Waals surface area contributed by atoms with Gasteiger partial charge in [0.25, 0.3) is 0 Å². The molecular weight excluding hydrogens is 584 g/mol. The van der Waals surface area contributed by atoms with E-state index < -0.39 is 42.1 Å². The van der Waals surface area contributed by atoms with Crippen molar-refractivity contribution in [2.24, 2.45) is 30.7 Å². The maximum atomic E-state index is 13.4. The van der Waals surface area contributed by atoms with E-state index in [0.29, 0.717) is 25.1 Å². The number of carbonyl (C=O) groups is 4. The van der Waals surface area contributed by atoms with Crippen LogP contribution in [0, 0.1) is 30.6 Å². The Morgan fingerprint density at radius 2 is 1.61 bits per heavy atom. The summed E-state index contributed by atoms with van der Waals surface area (Å²) in [7, 11) is 1.76. The Hall–Kier alpha value is -2.80. The molecule has 0 aliphatic heterocycles. The predicted octanol–water partition coefficient (Wildman–Crippen LogP) is 2.91. The molecule has 252 valence electrons. The van der Waals surface area contributed by atoms with Gasteiger partial charge in [-0.25, -0.2) is 4.79 Å². The number of thioether (sulfide) groups is 1. The first kappa shape index (κ1) is 39.2. The summed E-state index contributed by atoms with van der Waals surface area (Å²) in [6.07, 6.45) is 1.06. The summed E-state index contributed by atoms with van der Waals surface area (Å²) in [5.74, 6) is -0.721. The van der Waals surface area contributed by atoms with Crippen molar-refractivity contribution >= 4 is 35.6 Å². The second kappa shape index (κ2) is 19.6. The molecule has 4 amide bonds. The average Bonchev–Trinajstić information content (AvgIpc) is 3.26. The minimum absolute atomic E-state index is 0.00569. The highest BCUT2D eigenvalue weighted by Crippen LogP contribution is 2.17. The summed E-state index contributed by atoms with van der Waals surface area (Å²) in [6, 6.07) is -0.409. The molecule has 0 saturated carbocycles. The van der Waals surface area contributed by atoms with E-state index in [9.17, 15) is 24.3 Å². The van der Waals surface area contributed by atoms with Crippen LogP contribution in [0.5, 0.6) is 0 Å². The Morgan fingerprint density at radius 3 is 2.14 bits per heavy atom. The van der Waals surface area contributed by atoms with Crippen LogP contribution in [0.15, 0.2) is 6.07 Å². The van der Waals surface area contributed by atoms with Crippen molar-refractivity contribution in [3.05, 3.63) is 17.5 Å². The third-order valence-corrected chi connectivity index (χ3v) is 7.80. The molecule has 0 saturated heterocycles. The zero-order chi connectivity index (χ0) is 33.6. The lowest BCUT2D eigenvalue weighted by molar-refractivity contribution is -0.132. The number of nitrogens with one attached hydrogen (secondary N) is 4. The van der Waals surface area contributed by atoms with Crippen molar-refractivity contribution in [3.63, 3.8) is 0 Å². The monoisotopic (exact) mass is 640 g/mol. The summed E-state index contributed by atoms with van der Waals surface area (Å²) in [5.41, 5.74) is 1.52. The first-order chi connectivity index (χ1) is 20.5. The Balaban J connectivity index is 2.89. The Morgan fingerprint density at radius 1 is 0.955 bits per heavy atom. The molecule has 0 aromatic carbocycles. The van der Waals surface area contributed by atoms with Gasteiger partial charge in [-0.15, -0.1) is 0 Å². The molecule has 12 nitrogen and oxygen atoms in total. The van der Waals surface area contributed by atoms with E-state index >= 15 is 0 Å². The zero-order valence-corrected chi connectivity index (χ0v) is 29.0. The number of aryl methyl sites for hydroxylation is 2. The number of aliphatic hydroxyl groups is 1. The number of alkyl carbamates (subject to hydrolysis) is 1. The topological polar surface area (TPSA) is 164 Å². The molecule has 0 spiro atoms. The number of carbonyl (C=O) groups excluding carboxylic acids is 4. The van der Waals surface area contributed by atoms with Gasteiger partial charge in [-0.05, 0) is 62.0 Å². The van der Waals surface area contributed by atoms with Crippen LogP contribution in [0.25, 0.3) is 0 Å². The molecule has 0 radical (unpaired) electrons. The molecule has 1 aromatic rings. The fraction of sp³-hybridized carbons (Fsp3) is 0.774. The summed E-state index contributed by atoms with van der Waals surface area (Å²) >= 11 is 1.54. The van der Waals surface area contributed by atoms with Gasteiger partial charge in [0.2, 0.25) is 17.7 Å². The van der Waals surface area contributed by atoms with E-state index in [1.807, 2.05) is 60.8 Å². The third-order valence-electron chi connectivity index (χ3n) is 7.16. The smallest absolute Gasteiger partial charge is 0.408 e. The maximum absolute atomic E-state index is 13.4. The number of hydrogen-bond acceptors (Lipinski definition) is 8. The number of aromatic nitrogens is 2. The van der Waals surface area contributed by atoms with Crippen molar-refractivity contribution in [2.45, 2.75) is 105 Å². The van der Waals surface area contributed by atoms with Crippen LogP contribution in [-0.4, -0.2) is 81.5 Å². The van der Waals surface area contributed by atoms with Gasteiger partial charge >= 0.3 is 6.09 Å². The van der Waals surface area contributed by atoms with Crippen LogP contribution in [0.1, 0.15) is 79.1 Å². The van der Waals surface area contributed by atoms with Gasteiger partial charge in [-0.2, -0.15) is 16.9 Å². The lowest BCUT2D eigenvalue weighted by Crippen LogP contribution is -2.54. The van der Waals surface area contributed by atoms with Crippen LogP contribution < -0.4 is 21.3 Å². The van der Waals surface area contributed by atoms with E-state index in [2.05, 4.69) is 26.4 Å². The molecule has 1 aromatic heterocycles. The molecule has 0 unspecified atom stereocenters. The molecule has 5 atom stereocenters. The van der Waals surface area contributed by atoms with E-state index in [1.165, 1.54) is 0 Å². The van der Waals surface area contributed by atoms with Crippen molar-refractivity contribution in [2.75, 3.05) is 18.6 Å². The molecule has 1 rings (SSSR count). The molecule has 13 heteroatoms. The van der Waals surface area contributed by atoms with Gasteiger partial charge in [0.1, 0.15) is 18.7 Å². The minimum atomic E-state index is -1.03. The lowest BCUT2D eigenvalue weighted by atomic mass is 9.91. The summed E-state index contributed by atoms with van der Waals surface area (Å²) in [5, 5.41) is 26.7. The van der Waals surface area contributed by atoms with Gasteiger partial charge in [-0.3, -0.25) is 19.1 Å². The van der Waals surface area contributed by atoms with Gasteiger partial charge in [0, 0.05) is 19.5 Å². The van der Waals surface area contributed by atoms with Gasteiger partial charge < -0.3 is 31.1 Å². The first-order valence-electron chi connectivity index (χ1n) is 15.5. The Bertz CT molecular complexity index is 1060. The average molecular weight is 641 g/mol. The Labute approximate surface area is 267 Å². The van der Waals surface area contributed by atoms with E-state index in [-0.39, 0.29) is 42.6 Å². The summed E-state index contributed by atoms with van der Waals surface area (Å²) in [6.45, 7) is 15.7. The fourth-order valence-electron chi connectivity index (χ4n) is 4.61. The van der Waals surface area contributed by atoms with Crippen molar-refractivity contribution in [1.29, 1.82) is 0 Å². The highest BCUT2D eigenvalue weighted by atomic mass is 32.2. The van der Waals surface area contributed by atoms with Crippen LogP contribution in [0.2, 0.25) is 0 Å². The molecule has 1 heterocycles. The molecular formula is C31H56N6O6S. The minimum Gasteiger partial charge on any atom is -0.443 e. The van der Waals surface area contributed by atoms with Crippen molar-refractivity contribution < 1.29 is 29.0 Å². The largest absolute Gasteiger partial charge is 0.443 e. The van der Waals surface area contributed by atoms with E-state index in [0.717, 1.165) is 11.4 Å². The lowest BCUT2D eigenvalue weighted by Gasteiger charge is -2.30. The molecule has 44 heavy (non-hydrogen) atoms. The summed E-state index contributed by atoms with van der Waals surface area (Å²) < 4.78 is 6.98. The van der Waals surface area contributed by atoms with Gasteiger partial charge in [-0.1, -0.05) is 48.5 Å². The normalized spacial score (nSPS) is 15.0. The van der Waals surface area contributed by atoms with Crippen molar-refractivity contribution in [3.8, 4) is 0 Å². The number of rotatable bonds is 19. The molecule has 5 N–H and O–H groups in total. The fourth-order valence-corrected chi connectivity index (χ4v) is 5.08. The maximum Gasteiger partial charge on any atom is 0.408 e. The second-order valence-corrected chi connectivity index (χ2v) is 13.8. The number of ether oxygens (including phenoxy) is 1. The highest BCUT2D eigenvalue weighted by Gasteiger charge is 2.31. The molecule has 0 bridgehead atoms. The van der Waals surface area contributed by atoms with Gasteiger partial charge in [0.15, 0.2) is 0 Å². The highest BCUT2D eigenvalue weighted by molar-refractivity contribution is 7.98. The summed E-state index contributed by atoms with van der Waals surface area (Å²) in [4.78, 5) is 51.8. The number of aliphatic hydroxyl groups excluding tert-OH is 1. The number of amides is 4. The number of nitrogens with zero attached hydrogens (tertiary/aromatic N) is 2.